The number of nitrogens with zero attached hydrogens (tertiary/aromatic N) is 1. The largest absolute Gasteiger partial charge is 0.348 e. The van der Waals surface area contributed by atoms with E-state index in [1.165, 1.54) is 0 Å². The molecule has 0 fully saturated rings. The van der Waals surface area contributed by atoms with Gasteiger partial charge in [0.15, 0.2) is 0 Å². The molecule has 0 saturated carbocycles. The monoisotopic (exact) mass is 204 g/mol. The molecular weight excluding hydrogens is 184 g/mol. The minimum absolute atomic E-state index is 0.136. The van der Waals surface area contributed by atoms with Gasteiger partial charge in [0.25, 0.3) is 0 Å². The third-order valence-corrected chi connectivity index (χ3v) is 2.95. The smallest absolute Gasteiger partial charge is 0.236 e. The van der Waals surface area contributed by atoms with Gasteiger partial charge < -0.3 is 10.2 Å². The van der Waals surface area contributed by atoms with Crippen LogP contribution in [-0.4, -0.2) is 49.5 Å². The van der Waals surface area contributed by atoms with Gasteiger partial charge in [0.05, 0.1) is 6.54 Å². The van der Waals surface area contributed by atoms with Crippen molar-refractivity contribution in [2.24, 2.45) is 0 Å². The van der Waals surface area contributed by atoms with E-state index < -0.39 is 0 Å². The van der Waals surface area contributed by atoms with Crippen LogP contribution in [0.5, 0.6) is 0 Å². The Morgan fingerprint density at radius 2 is 2.15 bits per heavy atom. The van der Waals surface area contributed by atoms with Crippen LogP contribution in [0.15, 0.2) is 0 Å². The Morgan fingerprint density at radius 3 is 2.62 bits per heavy atom. The zero-order valence-electron chi connectivity index (χ0n) is 8.96. The van der Waals surface area contributed by atoms with Crippen molar-refractivity contribution in [1.29, 1.82) is 0 Å². The molecule has 0 aromatic heterocycles. The Balaban J connectivity index is 3.31. The van der Waals surface area contributed by atoms with E-state index in [1.807, 2.05) is 11.8 Å². The normalized spacial score (nSPS) is 12.6. The lowest BCUT2D eigenvalue weighted by Gasteiger charge is -2.12. The van der Waals surface area contributed by atoms with Gasteiger partial charge in [-0.3, -0.25) is 4.79 Å². The predicted molar refractivity (Wildman–Crippen MR) is 59.2 cm³/mol. The molecule has 0 bridgehead atoms. The number of rotatable bonds is 6. The van der Waals surface area contributed by atoms with Crippen molar-refractivity contribution in [3.8, 4) is 0 Å². The minimum Gasteiger partial charge on any atom is -0.348 e. The lowest BCUT2D eigenvalue weighted by Crippen LogP contribution is -2.33. The maximum Gasteiger partial charge on any atom is 0.236 e. The molecule has 0 aliphatic heterocycles. The number of likely N-dealkylation sites (N-methyl/N-ethyl adjacent to an activating group) is 1. The number of carbonyl (C=O) groups excluding carboxylic acids is 1. The second kappa shape index (κ2) is 7.21. The molecule has 3 nitrogen and oxygen atoms in total. The molecule has 1 N–H and O–H groups in total. The molecule has 1 unspecified atom stereocenters. The minimum atomic E-state index is 0.136. The van der Waals surface area contributed by atoms with Crippen molar-refractivity contribution in [2.75, 3.05) is 33.4 Å². The summed E-state index contributed by atoms with van der Waals surface area (Å²) in [7, 11) is 3.54. The standard InChI is InChI=1S/C9H20N2OS/c1-8(13-4)5-6-10-7-9(12)11(2)3/h8,10H,5-7H2,1-4H3. The van der Waals surface area contributed by atoms with Crippen molar-refractivity contribution in [3.05, 3.63) is 0 Å². The average Bonchev–Trinajstić information content (AvgIpc) is 2.11. The summed E-state index contributed by atoms with van der Waals surface area (Å²) >= 11 is 1.85. The summed E-state index contributed by atoms with van der Waals surface area (Å²) in [6, 6.07) is 0. The quantitative estimate of drug-likeness (QED) is 0.650. The fourth-order valence-electron chi connectivity index (χ4n) is 0.777. The van der Waals surface area contributed by atoms with Gasteiger partial charge in [0.2, 0.25) is 5.91 Å². The Bertz CT molecular complexity index is 151. The Labute approximate surface area is 85.3 Å². The van der Waals surface area contributed by atoms with Gasteiger partial charge in [-0.1, -0.05) is 6.92 Å². The fraction of sp³-hybridized carbons (Fsp3) is 0.889. The molecule has 0 heterocycles. The lowest BCUT2D eigenvalue weighted by atomic mass is 10.3. The van der Waals surface area contributed by atoms with E-state index in [-0.39, 0.29) is 5.91 Å². The molecule has 13 heavy (non-hydrogen) atoms. The first kappa shape index (κ1) is 12.8. The molecule has 78 valence electrons. The molecule has 0 aliphatic rings. The van der Waals surface area contributed by atoms with E-state index in [2.05, 4.69) is 18.5 Å². The molecular formula is C9H20N2OS. The molecule has 0 saturated heterocycles. The molecule has 0 radical (unpaired) electrons. The number of hydrogen-bond donors (Lipinski definition) is 1. The molecule has 1 amide bonds. The Hall–Kier alpha value is -0.220. The highest BCUT2D eigenvalue weighted by Crippen LogP contribution is 2.07. The van der Waals surface area contributed by atoms with Gasteiger partial charge in [-0.2, -0.15) is 11.8 Å². The van der Waals surface area contributed by atoms with Gasteiger partial charge in [-0.05, 0) is 19.2 Å². The van der Waals surface area contributed by atoms with E-state index in [0.29, 0.717) is 11.8 Å². The van der Waals surface area contributed by atoms with Crippen LogP contribution >= 0.6 is 11.8 Å². The highest BCUT2D eigenvalue weighted by atomic mass is 32.2. The van der Waals surface area contributed by atoms with E-state index in [9.17, 15) is 4.79 Å². The van der Waals surface area contributed by atoms with Crippen molar-refractivity contribution in [1.82, 2.24) is 10.2 Å². The summed E-state index contributed by atoms with van der Waals surface area (Å²) in [6.07, 6.45) is 3.22. The number of nitrogens with one attached hydrogen (secondary N) is 1. The zero-order valence-corrected chi connectivity index (χ0v) is 9.78. The van der Waals surface area contributed by atoms with Gasteiger partial charge in [0, 0.05) is 19.3 Å². The van der Waals surface area contributed by atoms with Crippen molar-refractivity contribution >= 4 is 17.7 Å². The lowest BCUT2D eigenvalue weighted by molar-refractivity contribution is -0.127. The van der Waals surface area contributed by atoms with E-state index in [4.69, 9.17) is 0 Å². The predicted octanol–water partition coefficient (Wildman–Crippen LogP) is 0.806. The molecule has 0 rings (SSSR count). The maximum absolute atomic E-state index is 11.1. The Kier molecular flexibility index (Phi) is 7.09. The summed E-state index contributed by atoms with van der Waals surface area (Å²) in [6.45, 7) is 3.57. The second-order valence-electron chi connectivity index (χ2n) is 3.30. The number of hydrogen-bond acceptors (Lipinski definition) is 3. The van der Waals surface area contributed by atoms with E-state index in [0.717, 1.165) is 13.0 Å². The van der Waals surface area contributed by atoms with Crippen LogP contribution in [0.25, 0.3) is 0 Å². The van der Waals surface area contributed by atoms with Gasteiger partial charge in [-0.15, -0.1) is 0 Å². The van der Waals surface area contributed by atoms with Crippen molar-refractivity contribution in [2.45, 2.75) is 18.6 Å². The molecule has 0 aromatic carbocycles. The first-order valence-corrected chi connectivity index (χ1v) is 5.80. The van der Waals surface area contributed by atoms with Crippen molar-refractivity contribution in [3.63, 3.8) is 0 Å². The van der Waals surface area contributed by atoms with E-state index >= 15 is 0 Å². The van der Waals surface area contributed by atoms with Gasteiger partial charge >= 0.3 is 0 Å². The van der Waals surface area contributed by atoms with Crippen LogP contribution in [0.4, 0.5) is 0 Å². The number of carbonyl (C=O) groups is 1. The third-order valence-electron chi connectivity index (χ3n) is 1.91. The van der Waals surface area contributed by atoms with Gasteiger partial charge in [-0.25, -0.2) is 0 Å². The first-order chi connectivity index (χ1) is 6.07. The summed E-state index contributed by atoms with van der Waals surface area (Å²) < 4.78 is 0. The second-order valence-corrected chi connectivity index (χ2v) is 4.58. The van der Waals surface area contributed by atoms with Crippen molar-refractivity contribution < 1.29 is 4.79 Å². The van der Waals surface area contributed by atoms with Crippen LogP contribution in [0.1, 0.15) is 13.3 Å². The van der Waals surface area contributed by atoms with Crippen LogP contribution in [0.2, 0.25) is 0 Å². The van der Waals surface area contributed by atoms with Gasteiger partial charge in [0.1, 0.15) is 0 Å². The van der Waals surface area contributed by atoms with Crippen LogP contribution in [-0.2, 0) is 4.79 Å². The average molecular weight is 204 g/mol. The Morgan fingerprint density at radius 1 is 1.54 bits per heavy atom. The first-order valence-electron chi connectivity index (χ1n) is 4.51. The maximum atomic E-state index is 11.1. The number of amides is 1. The molecule has 1 atom stereocenters. The highest BCUT2D eigenvalue weighted by molar-refractivity contribution is 7.99. The van der Waals surface area contributed by atoms with E-state index in [1.54, 1.807) is 19.0 Å². The van der Waals surface area contributed by atoms with Crippen LogP contribution in [0, 0.1) is 0 Å². The summed E-state index contributed by atoms with van der Waals surface area (Å²) in [4.78, 5) is 12.7. The molecule has 4 heteroatoms. The summed E-state index contributed by atoms with van der Waals surface area (Å²) in [5, 5.41) is 3.80. The third kappa shape index (κ3) is 6.90. The molecule has 0 spiro atoms. The summed E-state index contributed by atoms with van der Waals surface area (Å²) in [5.41, 5.74) is 0. The SMILES string of the molecule is CSC(C)CCNCC(=O)N(C)C. The van der Waals surface area contributed by atoms with Crippen LogP contribution < -0.4 is 5.32 Å². The topological polar surface area (TPSA) is 32.3 Å². The fourth-order valence-corrected chi connectivity index (χ4v) is 1.13. The summed E-state index contributed by atoms with van der Waals surface area (Å²) in [5.74, 6) is 0.136. The zero-order chi connectivity index (χ0) is 10.3. The molecule has 0 aromatic rings. The molecule has 0 aliphatic carbocycles. The highest BCUT2D eigenvalue weighted by Gasteiger charge is 2.03. The number of thioether (sulfide) groups is 1. The van der Waals surface area contributed by atoms with Crippen LogP contribution in [0.3, 0.4) is 0 Å².